The summed E-state index contributed by atoms with van der Waals surface area (Å²) >= 11 is 1.88. The van der Waals surface area contributed by atoms with E-state index in [1.165, 1.54) is 125 Å². The molecule has 0 spiro atoms. The van der Waals surface area contributed by atoms with Gasteiger partial charge in [0.1, 0.15) is 0 Å². The van der Waals surface area contributed by atoms with Crippen LogP contribution in [0, 0.1) is 0 Å². The Bertz CT molecular complexity index is 2990. The first kappa shape index (κ1) is 36.1. The van der Waals surface area contributed by atoms with Gasteiger partial charge in [-0.3, -0.25) is 0 Å². The molecule has 0 atom stereocenters. The molecule has 1 heterocycles. The van der Waals surface area contributed by atoms with Gasteiger partial charge < -0.3 is 4.90 Å². The third-order valence-corrected chi connectivity index (χ3v) is 14.9. The fraction of sp³-hybridized carbons (Fsp3) is 0.193. The predicted molar refractivity (Wildman–Crippen MR) is 254 cm³/mol. The highest BCUT2D eigenvalue weighted by atomic mass is 32.1. The van der Waals surface area contributed by atoms with Crippen molar-refractivity contribution in [2.75, 3.05) is 4.90 Å². The van der Waals surface area contributed by atoms with Crippen LogP contribution >= 0.6 is 11.3 Å². The van der Waals surface area contributed by atoms with Gasteiger partial charge in [0.15, 0.2) is 0 Å². The van der Waals surface area contributed by atoms with Gasteiger partial charge in [0.25, 0.3) is 0 Å². The Labute approximate surface area is 352 Å². The van der Waals surface area contributed by atoms with E-state index >= 15 is 0 Å². The van der Waals surface area contributed by atoms with E-state index in [-0.39, 0.29) is 5.41 Å². The molecule has 0 N–H and O–H groups in total. The second-order valence-electron chi connectivity index (χ2n) is 17.4. The lowest BCUT2D eigenvalue weighted by Gasteiger charge is -2.38. The average Bonchev–Trinajstić information content (AvgIpc) is 3.66. The van der Waals surface area contributed by atoms with Crippen LogP contribution < -0.4 is 4.90 Å². The minimum atomic E-state index is -0.103. The van der Waals surface area contributed by atoms with E-state index in [1.54, 1.807) is 5.56 Å². The molecule has 1 nitrogen and oxygen atoms in total. The quantitative estimate of drug-likeness (QED) is 0.168. The normalized spacial score (nSPS) is 17.4. The fourth-order valence-electron chi connectivity index (χ4n) is 10.9. The highest BCUT2D eigenvalue weighted by Crippen LogP contribution is 2.50. The first-order valence-electron chi connectivity index (χ1n) is 21.6. The summed E-state index contributed by atoms with van der Waals surface area (Å²) < 4.78 is 2.67. The zero-order valence-corrected chi connectivity index (χ0v) is 34.8. The average molecular weight is 780 g/mol. The highest BCUT2D eigenvalue weighted by molar-refractivity contribution is 7.25. The van der Waals surface area contributed by atoms with Gasteiger partial charge in [-0.05, 0) is 130 Å². The Morgan fingerprint density at radius 2 is 1.07 bits per heavy atom. The molecule has 8 aromatic carbocycles. The lowest BCUT2D eigenvalue weighted by atomic mass is 9.66. The molecule has 9 aromatic rings. The summed E-state index contributed by atoms with van der Waals surface area (Å²) in [6, 6.07) is 66.4. The van der Waals surface area contributed by atoms with E-state index < -0.39 is 0 Å². The summed E-state index contributed by atoms with van der Waals surface area (Å²) in [5.74, 6) is 1.21. The van der Waals surface area contributed by atoms with Crippen molar-refractivity contribution in [1.82, 2.24) is 0 Å². The van der Waals surface area contributed by atoms with Crippen molar-refractivity contribution < 1.29 is 0 Å². The molecule has 0 unspecified atom stereocenters. The summed E-state index contributed by atoms with van der Waals surface area (Å²) in [5.41, 5.74) is 14.6. The zero-order chi connectivity index (χ0) is 39.5. The Hall–Kier alpha value is -5.96. The second-order valence-corrected chi connectivity index (χ2v) is 18.5. The van der Waals surface area contributed by atoms with Crippen LogP contribution in [-0.4, -0.2) is 0 Å². The Morgan fingerprint density at radius 3 is 1.90 bits per heavy atom. The summed E-state index contributed by atoms with van der Waals surface area (Å²) in [4.78, 5) is 2.52. The van der Waals surface area contributed by atoms with Gasteiger partial charge in [0.05, 0.1) is 5.69 Å². The number of rotatable bonds is 5. The van der Waals surface area contributed by atoms with E-state index in [0.29, 0.717) is 11.8 Å². The summed E-state index contributed by atoms with van der Waals surface area (Å²) in [6.07, 6.45) is 7.64. The molecule has 0 aliphatic heterocycles. The third kappa shape index (κ3) is 6.19. The minimum Gasteiger partial charge on any atom is -0.310 e. The number of fused-ring (bicyclic) bond motifs is 8. The van der Waals surface area contributed by atoms with Crippen LogP contribution in [0.4, 0.5) is 17.1 Å². The zero-order valence-electron chi connectivity index (χ0n) is 34.0. The van der Waals surface area contributed by atoms with Crippen LogP contribution in [0.2, 0.25) is 0 Å². The van der Waals surface area contributed by atoms with E-state index in [4.69, 9.17) is 0 Å². The molecule has 1 fully saturated rings. The Morgan fingerprint density at radius 1 is 0.475 bits per heavy atom. The fourth-order valence-corrected chi connectivity index (χ4v) is 12.0. The summed E-state index contributed by atoms with van der Waals surface area (Å²) in [6.45, 7) is 4.95. The standard InChI is InChI=1S/C57H49NS/c1-57(2)51-27-9-7-22-45(51)38-16-11-18-40(19-12-17-38)50-37-43(35-36-52(50)57)58(53-28-13-20-39-15-3-4-23-46(39)53)42-33-31-41(32-34-42)44-21-5-6-24-47(44)48-26-14-30-55-56(48)49-25-8-10-29-54(49)59-55/h3-10,13-15,20-38,40H,11-12,16-19H2,1-2H3. The Balaban J connectivity index is 1.07. The highest BCUT2D eigenvalue weighted by Gasteiger charge is 2.35. The number of thiophene rings is 1. The molecule has 3 aliphatic rings. The van der Waals surface area contributed by atoms with Gasteiger partial charge in [-0.1, -0.05) is 160 Å². The smallest absolute Gasteiger partial charge is 0.0540 e. The van der Waals surface area contributed by atoms with E-state index in [9.17, 15) is 0 Å². The molecular formula is C57H49NS. The SMILES string of the molecule is CC1(C)c2ccccc2C2CCCC(CCC2)c2cc(N(c3ccc(-c4ccccc4-c4cccc5sc6ccccc6c45)cc3)c3cccc4ccccc34)ccc21. The largest absolute Gasteiger partial charge is 0.310 e. The van der Waals surface area contributed by atoms with Crippen molar-refractivity contribution in [1.29, 1.82) is 0 Å². The van der Waals surface area contributed by atoms with Crippen LogP contribution in [0.3, 0.4) is 0 Å². The maximum absolute atomic E-state index is 2.59. The molecule has 2 bridgehead atoms. The number of hydrogen-bond acceptors (Lipinski definition) is 2. The molecule has 0 amide bonds. The first-order valence-corrected chi connectivity index (χ1v) is 22.5. The van der Waals surface area contributed by atoms with Gasteiger partial charge in [-0.25, -0.2) is 0 Å². The lowest BCUT2D eigenvalue weighted by molar-refractivity contribution is 0.405. The third-order valence-electron chi connectivity index (χ3n) is 13.8. The Kier molecular flexibility index (Phi) is 9.00. The molecule has 12 rings (SSSR count). The van der Waals surface area contributed by atoms with Crippen molar-refractivity contribution in [3.8, 4) is 22.3 Å². The van der Waals surface area contributed by atoms with Crippen molar-refractivity contribution in [2.24, 2.45) is 0 Å². The molecule has 59 heavy (non-hydrogen) atoms. The maximum Gasteiger partial charge on any atom is 0.0540 e. The lowest BCUT2D eigenvalue weighted by Crippen LogP contribution is -2.27. The summed E-state index contributed by atoms with van der Waals surface area (Å²) in [5, 5.41) is 5.19. The van der Waals surface area contributed by atoms with Gasteiger partial charge in [0, 0.05) is 42.3 Å². The van der Waals surface area contributed by atoms with Gasteiger partial charge in [-0.15, -0.1) is 11.3 Å². The molecule has 1 saturated carbocycles. The van der Waals surface area contributed by atoms with Gasteiger partial charge in [-0.2, -0.15) is 0 Å². The molecule has 3 aliphatic carbocycles. The molecule has 0 saturated heterocycles. The topological polar surface area (TPSA) is 3.24 Å². The maximum atomic E-state index is 2.59. The molecule has 0 radical (unpaired) electrons. The molecule has 1 aromatic heterocycles. The molecule has 288 valence electrons. The van der Waals surface area contributed by atoms with E-state index in [0.717, 1.165) is 0 Å². The van der Waals surface area contributed by atoms with Crippen LogP contribution in [-0.2, 0) is 5.41 Å². The van der Waals surface area contributed by atoms with Crippen molar-refractivity contribution in [2.45, 2.75) is 69.6 Å². The van der Waals surface area contributed by atoms with E-state index in [2.05, 4.69) is 195 Å². The van der Waals surface area contributed by atoms with Crippen LogP contribution in [0.15, 0.2) is 176 Å². The molecular weight excluding hydrogens is 731 g/mol. The number of nitrogens with zero attached hydrogens (tertiary/aromatic N) is 1. The first-order chi connectivity index (χ1) is 29.0. The van der Waals surface area contributed by atoms with Crippen molar-refractivity contribution in [3.63, 3.8) is 0 Å². The second kappa shape index (κ2) is 14.7. The number of benzene rings is 8. The van der Waals surface area contributed by atoms with Gasteiger partial charge >= 0.3 is 0 Å². The number of anilines is 3. The van der Waals surface area contributed by atoms with Gasteiger partial charge in [0.2, 0.25) is 0 Å². The van der Waals surface area contributed by atoms with E-state index in [1.807, 2.05) is 11.3 Å². The summed E-state index contributed by atoms with van der Waals surface area (Å²) in [7, 11) is 0. The van der Waals surface area contributed by atoms with Crippen molar-refractivity contribution >= 4 is 59.3 Å². The number of hydrogen-bond donors (Lipinski definition) is 0. The minimum absolute atomic E-state index is 0.103. The van der Waals surface area contributed by atoms with Crippen LogP contribution in [0.25, 0.3) is 53.2 Å². The van der Waals surface area contributed by atoms with Crippen LogP contribution in [0.5, 0.6) is 0 Å². The molecule has 2 heteroatoms. The van der Waals surface area contributed by atoms with Crippen molar-refractivity contribution in [3.05, 3.63) is 198 Å². The van der Waals surface area contributed by atoms with Crippen LogP contribution in [0.1, 0.15) is 86.5 Å². The predicted octanol–water partition coefficient (Wildman–Crippen LogP) is 16.9. The monoisotopic (exact) mass is 779 g/mol.